The zero-order chi connectivity index (χ0) is 22.8. The highest BCUT2D eigenvalue weighted by Crippen LogP contribution is 2.29. The highest BCUT2D eigenvalue weighted by molar-refractivity contribution is 9.10. The minimum Gasteiger partial charge on any atom is -0.275 e. The van der Waals surface area contributed by atoms with Gasteiger partial charge in [-0.05, 0) is 44.3 Å². The van der Waals surface area contributed by atoms with E-state index in [0.29, 0.717) is 22.5 Å². The third-order valence-electron chi connectivity index (χ3n) is 5.53. The fraction of sp³-hybridized carbons (Fsp3) is 0.217. The Hall–Kier alpha value is -3.66. The SMILES string of the molecule is CCCCc1nc2c(Br)cnn2c(=O)n1Cc1ccc(-c2ccccc2-c2nn[nH]n2)cc1. The number of fused-ring (bicyclic) bond motifs is 1. The Morgan fingerprint density at radius 1 is 1.06 bits per heavy atom. The van der Waals surface area contributed by atoms with Gasteiger partial charge >= 0.3 is 5.69 Å². The van der Waals surface area contributed by atoms with E-state index in [4.69, 9.17) is 4.98 Å². The van der Waals surface area contributed by atoms with Crippen LogP contribution in [0, 0.1) is 0 Å². The van der Waals surface area contributed by atoms with Gasteiger partial charge < -0.3 is 0 Å². The van der Waals surface area contributed by atoms with Crippen LogP contribution >= 0.6 is 15.9 Å². The largest absolute Gasteiger partial charge is 0.352 e. The molecule has 0 atom stereocenters. The maximum absolute atomic E-state index is 13.2. The summed E-state index contributed by atoms with van der Waals surface area (Å²) in [6.45, 7) is 2.55. The summed E-state index contributed by atoms with van der Waals surface area (Å²) in [6.07, 6.45) is 4.32. The highest BCUT2D eigenvalue weighted by Gasteiger charge is 2.15. The molecule has 2 aromatic carbocycles. The average Bonchev–Trinajstić information content (AvgIpc) is 3.51. The number of aryl methyl sites for hydroxylation is 1. The second kappa shape index (κ2) is 9.07. The summed E-state index contributed by atoms with van der Waals surface area (Å²) in [5.74, 6) is 1.31. The molecule has 33 heavy (non-hydrogen) atoms. The smallest absolute Gasteiger partial charge is 0.275 e. The molecule has 5 rings (SSSR count). The zero-order valence-corrected chi connectivity index (χ0v) is 19.5. The molecular formula is C23H21BrN8O. The number of hydrogen-bond acceptors (Lipinski definition) is 6. The molecule has 0 spiro atoms. The number of unbranched alkanes of at least 4 members (excludes halogenated alkanes) is 1. The van der Waals surface area contributed by atoms with Gasteiger partial charge in [0.15, 0.2) is 5.65 Å². The molecule has 9 nitrogen and oxygen atoms in total. The molecule has 10 heteroatoms. The van der Waals surface area contributed by atoms with Crippen molar-refractivity contribution in [2.45, 2.75) is 32.7 Å². The first kappa shape index (κ1) is 21.2. The van der Waals surface area contributed by atoms with Crippen molar-refractivity contribution in [3.05, 3.63) is 81.1 Å². The topological polar surface area (TPSA) is 107 Å². The molecule has 0 aliphatic rings. The summed E-state index contributed by atoms with van der Waals surface area (Å²) in [6, 6.07) is 16.1. The van der Waals surface area contributed by atoms with Gasteiger partial charge in [-0.2, -0.15) is 14.8 Å². The van der Waals surface area contributed by atoms with Gasteiger partial charge in [0.25, 0.3) is 0 Å². The highest BCUT2D eigenvalue weighted by atomic mass is 79.9. The summed E-state index contributed by atoms with van der Waals surface area (Å²) in [4.78, 5) is 17.9. The van der Waals surface area contributed by atoms with Crippen LogP contribution in [0.2, 0.25) is 0 Å². The lowest BCUT2D eigenvalue weighted by Gasteiger charge is -2.13. The van der Waals surface area contributed by atoms with Crippen LogP contribution in [-0.2, 0) is 13.0 Å². The van der Waals surface area contributed by atoms with Gasteiger partial charge in [0.2, 0.25) is 5.82 Å². The van der Waals surface area contributed by atoms with E-state index in [1.807, 2.05) is 48.5 Å². The molecular weight excluding hydrogens is 484 g/mol. The predicted molar refractivity (Wildman–Crippen MR) is 128 cm³/mol. The number of H-pyrrole nitrogens is 1. The molecule has 0 unspecified atom stereocenters. The first-order valence-corrected chi connectivity index (χ1v) is 11.5. The van der Waals surface area contributed by atoms with Gasteiger partial charge in [-0.1, -0.05) is 61.9 Å². The number of nitrogens with one attached hydrogen (secondary N) is 1. The molecule has 0 aliphatic heterocycles. The number of hydrogen-bond donors (Lipinski definition) is 1. The molecule has 0 fully saturated rings. The molecule has 3 aromatic heterocycles. The Labute approximate surface area is 197 Å². The van der Waals surface area contributed by atoms with Crippen molar-refractivity contribution in [1.29, 1.82) is 0 Å². The lowest BCUT2D eigenvalue weighted by Crippen LogP contribution is -2.31. The van der Waals surface area contributed by atoms with Crippen molar-refractivity contribution in [3.8, 4) is 22.5 Å². The van der Waals surface area contributed by atoms with Crippen LogP contribution in [0.15, 0.2) is 64.0 Å². The van der Waals surface area contributed by atoms with Crippen molar-refractivity contribution >= 4 is 21.6 Å². The Balaban J connectivity index is 1.50. The summed E-state index contributed by atoms with van der Waals surface area (Å²) in [5.41, 5.74) is 4.30. The van der Waals surface area contributed by atoms with Gasteiger partial charge in [0.05, 0.1) is 17.2 Å². The van der Waals surface area contributed by atoms with Crippen LogP contribution in [0.5, 0.6) is 0 Å². The minimum absolute atomic E-state index is 0.191. The molecule has 0 bridgehead atoms. The second-order valence-corrected chi connectivity index (χ2v) is 8.56. The lowest BCUT2D eigenvalue weighted by molar-refractivity contribution is 0.599. The van der Waals surface area contributed by atoms with Crippen LogP contribution in [0.1, 0.15) is 31.2 Å². The monoisotopic (exact) mass is 504 g/mol. The molecule has 0 aliphatic carbocycles. The lowest BCUT2D eigenvalue weighted by atomic mass is 9.98. The van der Waals surface area contributed by atoms with E-state index >= 15 is 0 Å². The average molecular weight is 505 g/mol. The summed E-state index contributed by atoms with van der Waals surface area (Å²) in [7, 11) is 0. The van der Waals surface area contributed by atoms with Gasteiger partial charge in [0.1, 0.15) is 5.82 Å². The van der Waals surface area contributed by atoms with Crippen LogP contribution in [0.25, 0.3) is 28.2 Å². The number of halogens is 1. The van der Waals surface area contributed by atoms with Gasteiger partial charge in [-0.15, -0.1) is 10.2 Å². The van der Waals surface area contributed by atoms with Gasteiger partial charge in [0, 0.05) is 12.0 Å². The molecule has 5 aromatic rings. The van der Waals surface area contributed by atoms with Crippen molar-refractivity contribution in [2.75, 3.05) is 0 Å². The number of nitrogens with zero attached hydrogens (tertiary/aromatic N) is 7. The summed E-state index contributed by atoms with van der Waals surface area (Å²) >= 11 is 3.44. The Bertz CT molecular complexity index is 1450. The Morgan fingerprint density at radius 2 is 1.85 bits per heavy atom. The van der Waals surface area contributed by atoms with E-state index in [9.17, 15) is 4.79 Å². The third kappa shape index (κ3) is 4.09. The van der Waals surface area contributed by atoms with Crippen molar-refractivity contribution in [3.63, 3.8) is 0 Å². The number of aromatic amines is 1. The standard InChI is InChI=1S/C23H21BrN8O/c1-2-3-8-20-26-22-19(24)13-25-32(22)23(33)31(20)14-15-9-11-16(12-10-15)17-6-4-5-7-18(17)21-27-29-30-28-21/h4-7,9-13H,2-3,8,14H2,1H3,(H,27,28,29,30). The predicted octanol–water partition coefficient (Wildman–Crippen LogP) is 3.89. The maximum Gasteiger partial charge on any atom is 0.352 e. The summed E-state index contributed by atoms with van der Waals surface area (Å²) in [5, 5.41) is 18.6. The van der Waals surface area contributed by atoms with Gasteiger partial charge in [-0.25, -0.2) is 9.78 Å². The molecule has 0 saturated heterocycles. The second-order valence-electron chi connectivity index (χ2n) is 7.71. The molecule has 0 saturated carbocycles. The normalized spacial score (nSPS) is 11.3. The first-order chi connectivity index (χ1) is 16.2. The fourth-order valence-electron chi connectivity index (χ4n) is 3.83. The zero-order valence-electron chi connectivity index (χ0n) is 17.9. The van der Waals surface area contributed by atoms with Crippen LogP contribution in [0.4, 0.5) is 0 Å². The number of benzene rings is 2. The van der Waals surface area contributed by atoms with E-state index in [1.54, 1.807) is 10.8 Å². The van der Waals surface area contributed by atoms with E-state index < -0.39 is 0 Å². The van der Waals surface area contributed by atoms with E-state index in [0.717, 1.165) is 47.3 Å². The van der Waals surface area contributed by atoms with Crippen molar-refractivity contribution < 1.29 is 0 Å². The van der Waals surface area contributed by atoms with Crippen LogP contribution in [-0.4, -0.2) is 39.8 Å². The number of tetrazole rings is 1. The maximum atomic E-state index is 13.2. The van der Waals surface area contributed by atoms with E-state index in [2.05, 4.69) is 48.6 Å². The Kier molecular flexibility index (Phi) is 5.82. The quantitative estimate of drug-likeness (QED) is 0.360. The van der Waals surface area contributed by atoms with E-state index in [1.165, 1.54) is 4.52 Å². The third-order valence-corrected chi connectivity index (χ3v) is 6.09. The number of aromatic nitrogens is 8. The fourth-order valence-corrected chi connectivity index (χ4v) is 4.18. The van der Waals surface area contributed by atoms with Crippen LogP contribution in [0.3, 0.4) is 0 Å². The molecule has 166 valence electrons. The van der Waals surface area contributed by atoms with Crippen molar-refractivity contribution in [2.24, 2.45) is 0 Å². The first-order valence-electron chi connectivity index (χ1n) is 10.7. The molecule has 0 radical (unpaired) electrons. The number of rotatable bonds is 7. The van der Waals surface area contributed by atoms with Crippen molar-refractivity contribution in [1.82, 2.24) is 39.8 Å². The molecule has 0 amide bonds. The van der Waals surface area contributed by atoms with Crippen LogP contribution < -0.4 is 5.69 Å². The minimum atomic E-state index is -0.191. The van der Waals surface area contributed by atoms with Gasteiger partial charge in [-0.3, -0.25) is 4.57 Å². The molecule has 1 N–H and O–H groups in total. The van der Waals surface area contributed by atoms with E-state index in [-0.39, 0.29) is 5.69 Å². The molecule has 3 heterocycles. The summed E-state index contributed by atoms with van der Waals surface area (Å²) < 4.78 is 3.77. The Morgan fingerprint density at radius 3 is 2.58 bits per heavy atom.